The van der Waals surface area contributed by atoms with Crippen LogP contribution in [0.1, 0.15) is 42.9 Å². The molecule has 0 spiro atoms. The molecule has 3 aliphatic rings. The lowest BCUT2D eigenvalue weighted by molar-refractivity contribution is -0.137. The number of amides is 3. The van der Waals surface area contributed by atoms with Crippen LogP contribution in [-0.2, 0) is 17.4 Å². The molecule has 3 saturated heterocycles. The number of alkyl halides is 3. The first-order chi connectivity index (χ1) is 24.5. The SMILES string of the molecule is Nc1c(Cl)cc(C[C@@H](NC(=O)N2CCC(n3c(=O)[nH]c4c5ccccc5ncc43)CC2)C(=O)N2CCN(C3CCNCC3)CC2)cc1C(F)(F)F. The number of urea groups is 1. The lowest BCUT2D eigenvalue weighted by Gasteiger charge is -2.42. The van der Waals surface area contributed by atoms with Gasteiger partial charge in [0, 0.05) is 63.2 Å². The molecule has 3 amide bonds. The van der Waals surface area contributed by atoms with Gasteiger partial charge >= 0.3 is 17.9 Å². The molecule has 2 aromatic carbocycles. The zero-order valence-electron chi connectivity index (χ0n) is 28.0. The molecular weight excluding hydrogens is 687 g/mol. The molecule has 1 atom stereocenters. The van der Waals surface area contributed by atoms with Gasteiger partial charge in [0.05, 0.1) is 39.0 Å². The summed E-state index contributed by atoms with van der Waals surface area (Å²) in [4.78, 5) is 54.0. The number of likely N-dealkylation sites (tertiary alicyclic amines) is 1. The topological polar surface area (TPSA) is 145 Å². The summed E-state index contributed by atoms with van der Waals surface area (Å²) in [7, 11) is 0. The van der Waals surface area contributed by atoms with Crippen LogP contribution in [0.5, 0.6) is 0 Å². The molecule has 16 heteroatoms. The van der Waals surface area contributed by atoms with E-state index in [9.17, 15) is 27.6 Å². The monoisotopic (exact) mass is 727 g/mol. The number of hydrogen-bond acceptors (Lipinski definition) is 7. The minimum Gasteiger partial charge on any atom is -0.397 e. The Morgan fingerprint density at radius 3 is 2.39 bits per heavy atom. The van der Waals surface area contributed by atoms with Crippen LogP contribution in [0.2, 0.25) is 5.02 Å². The van der Waals surface area contributed by atoms with E-state index in [-0.39, 0.29) is 34.6 Å². The fourth-order valence-electron chi connectivity index (χ4n) is 7.81. The van der Waals surface area contributed by atoms with E-state index in [4.69, 9.17) is 17.3 Å². The smallest absolute Gasteiger partial charge is 0.397 e. The highest BCUT2D eigenvalue weighted by Crippen LogP contribution is 2.38. The predicted molar refractivity (Wildman–Crippen MR) is 189 cm³/mol. The van der Waals surface area contributed by atoms with E-state index in [0.29, 0.717) is 69.2 Å². The Hall–Kier alpha value is -4.34. The summed E-state index contributed by atoms with van der Waals surface area (Å²) in [6.45, 7) is 4.75. The zero-order valence-corrected chi connectivity index (χ0v) is 28.8. The number of nitrogens with two attached hydrogens (primary N) is 1. The highest BCUT2D eigenvalue weighted by atomic mass is 35.5. The maximum atomic E-state index is 14.0. The number of benzene rings is 2. The number of piperazine rings is 1. The van der Waals surface area contributed by atoms with Gasteiger partial charge in [-0.15, -0.1) is 0 Å². The second-order valence-corrected chi connectivity index (χ2v) is 14.0. The summed E-state index contributed by atoms with van der Waals surface area (Å²) in [6, 6.07) is 8.38. The Bertz CT molecular complexity index is 1980. The number of anilines is 1. The summed E-state index contributed by atoms with van der Waals surface area (Å²) in [5.74, 6) is -0.366. The fourth-order valence-corrected chi connectivity index (χ4v) is 8.06. The molecule has 5 N–H and O–H groups in total. The van der Waals surface area contributed by atoms with Crippen molar-refractivity contribution < 1.29 is 22.8 Å². The van der Waals surface area contributed by atoms with Crippen LogP contribution >= 0.6 is 11.6 Å². The van der Waals surface area contributed by atoms with Crippen LogP contribution in [0.4, 0.5) is 23.7 Å². The largest absolute Gasteiger partial charge is 0.418 e. The van der Waals surface area contributed by atoms with Crippen molar-refractivity contribution in [2.45, 2.75) is 56.4 Å². The van der Waals surface area contributed by atoms with E-state index >= 15 is 0 Å². The summed E-state index contributed by atoms with van der Waals surface area (Å²) < 4.78 is 43.2. The van der Waals surface area contributed by atoms with E-state index in [2.05, 4.69) is 25.5 Å². The van der Waals surface area contributed by atoms with Crippen molar-refractivity contribution in [1.29, 1.82) is 0 Å². The Kier molecular flexibility index (Phi) is 9.87. The maximum absolute atomic E-state index is 14.0. The summed E-state index contributed by atoms with van der Waals surface area (Å²) in [5, 5.41) is 6.78. The van der Waals surface area contributed by atoms with Gasteiger partial charge in [-0.1, -0.05) is 29.8 Å². The lowest BCUT2D eigenvalue weighted by Crippen LogP contribution is -2.59. The average molecular weight is 728 g/mol. The standard InChI is InChI=1S/C35H41ClF3N9O3/c36-26-18-21(17-25(30(26)40)35(37,38)39)19-28(32(49)46-15-13-45(14-16-46)22-5-9-41-10-6-22)43-33(50)47-11-7-23(8-12-47)48-29-20-42-27-4-2-1-3-24(27)31(29)44-34(48)51/h1-4,17-18,20,22-23,28,41H,5-16,19,40H2,(H,43,50)(H,44,51)/t28-/m1/s1. The number of hydrogen-bond donors (Lipinski definition) is 4. The first-order valence-electron chi connectivity index (χ1n) is 17.4. The number of pyridine rings is 1. The minimum atomic E-state index is -4.75. The van der Waals surface area contributed by atoms with E-state index < -0.39 is 29.5 Å². The van der Waals surface area contributed by atoms with E-state index in [1.165, 1.54) is 6.07 Å². The van der Waals surface area contributed by atoms with Gasteiger partial charge in [-0.2, -0.15) is 13.2 Å². The van der Waals surface area contributed by atoms with Crippen LogP contribution in [0, 0.1) is 0 Å². The van der Waals surface area contributed by atoms with E-state index in [0.717, 1.165) is 42.9 Å². The van der Waals surface area contributed by atoms with Crippen LogP contribution in [-0.4, -0.2) is 106 Å². The van der Waals surface area contributed by atoms with Crippen LogP contribution in [0.25, 0.3) is 21.9 Å². The van der Waals surface area contributed by atoms with Gasteiger partial charge in [0.2, 0.25) is 5.91 Å². The molecule has 0 aliphatic carbocycles. The van der Waals surface area contributed by atoms with Gasteiger partial charge in [0.25, 0.3) is 0 Å². The molecule has 0 unspecified atom stereocenters. The number of nitrogens with one attached hydrogen (secondary N) is 3. The number of halogens is 4. The molecule has 3 fully saturated rings. The molecular formula is C35H41ClF3N9O3. The van der Waals surface area contributed by atoms with Crippen LogP contribution in [0.3, 0.4) is 0 Å². The zero-order chi connectivity index (χ0) is 35.9. The minimum absolute atomic E-state index is 0.132. The highest BCUT2D eigenvalue weighted by Gasteiger charge is 2.37. The van der Waals surface area contributed by atoms with E-state index in [1.807, 2.05) is 24.3 Å². The van der Waals surface area contributed by atoms with Gasteiger partial charge in [0.15, 0.2) is 0 Å². The third kappa shape index (κ3) is 7.24. The molecule has 51 heavy (non-hydrogen) atoms. The number of rotatable bonds is 6. The van der Waals surface area contributed by atoms with Crippen molar-refractivity contribution in [2.75, 3.05) is 58.1 Å². The third-order valence-electron chi connectivity index (χ3n) is 10.6. The summed E-state index contributed by atoms with van der Waals surface area (Å²) >= 11 is 6.13. The number of piperidine rings is 2. The number of imidazole rings is 1. The molecule has 7 rings (SSSR count). The number of aromatic amines is 1. The van der Waals surface area contributed by atoms with E-state index in [1.54, 1.807) is 20.6 Å². The van der Waals surface area contributed by atoms with Crippen molar-refractivity contribution >= 4 is 51.2 Å². The number of carbonyl (C=O) groups excluding carboxylic acids is 2. The Morgan fingerprint density at radius 1 is 0.980 bits per heavy atom. The van der Waals surface area contributed by atoms with Gasteiger partial charge < -0.3 is 31.2 Å². The molecule has 0 saturated carbocycles. The first kappa shape index (κ1) is 35.1. The number of H-pyrrole nitrogens is 1. The first-order valence-corrected chi connectivity index (χ1v) is 17.8. The molecule has 272 valence electrons. The second-order valence-electron chi connectivity index (χ2n) is 13.6. The van der Waals surface area contributed by atoms with Crippen LogP contribution < -0.4 is 22.1 Å². The maximum Gasteiger partial charge on any atom is 0.418 e. The van der Waals surface area contributed by atoms with Crippen molar-refractivity contribution in [3.05, 3.63) is 69.2 Å². The number of nitrogens with zero attached hydrogens (tertiary/aromatic N) is 5. The third-order valence-corrected chi connectivity index (χ3v) is 10.9. The molecule has 0 radical (unpaired) electrons. The predicted octanol–water partition coefficient (Wildman–Crippen LogP) is 3.99. The normalized spacial score (nSPS) is 19.1. The summed E-state index contributed by atoms with van der Waals surface area (Å²) in [6.07, 6.45) is -0.247. The molecule has 2 aromatic heterocycles. The Balaban J connectivity index is 1.07. The second kappa shape index (κ2) is 14.4. The van der Waals surface area contributed by atoms with Gasteiger partial charge in [-0.25, -0.2) is 9.59 Å². The average Bonchev–Trinajstić information content (AvgIpc) is 3.48. The van der Waals surface area contributed by atoms with Crippen LogP contribution in [0.15, 0.2) is 47.4 Å². The Morgan fingerprint density at radius 2 is 1.69 bits per heavy atom. The number of aromatic nitrogens is 3. The molecule has 5 heterocycles. The lowest BCUT2D eigenvalue weighted by atomic mass is 10.00. The van der Waals surface area contributed by atoms with Crippen molar-refractivity contribution in [3.8, 4) is 0 Å². The Labute approximate surface area is 297 Å². The number of nitrogen functional groups attached to an aromatic ring is 1. The van der Waals surface area contributed by atoms with Crippen molar-refractivity contribution in [3.63, 3.8) is 0 Å². The number of para-hydroxylation sites is 1. The molecule has 3 aliphatic heterocycles. The van der Waals surface area contributed by atoms with Gasteiger partial charge in [-0.05, 0) is 62.5 Å². The quantitative estimate of drug-likeness (QED) is 0.220. The van der Waals surface area contributed by atoms with Crippen molar-refractivity contribution in [1.82, 2.24) is 39.9 Å². The van der Waals surface area contributed by atoms with Gasteiger partial charge in [0.1, 0.15) is 6.04 Å². The molecule has 4 aromatic rings. The fraction of sp³-hybridized carbons (Fsp3) is 0.486. The molecule has 12 nitrogen and oxygen atoms in total. The van der Waals surface area contributed by atoms with Gasteiger partial charge in [-0.3, -0.25) is 19.2 Å². The molecule has 0 bridgehead atoms. The van der Waals surface area contributed by atoms with Crippen molar-refractivity contribution in [2.24, 2.45) is 0 Å². The summed E-state index contributed by atoms with van der Waals surface area (Å²) in [5.41, 5.74) is 6.04. The number of fused-ring (bicyclic) bond motifs is 3. The number of carbonyl (C=O) groups is 2. The highest BCUT2D eigenvalue weighted by molar-refractivity contribution is 6.33.